The molecule has 2 heterocycles. The first-order valence-electron chi connectivity index (χ1n) is 5.51. The molecule has 2 aliphatic heterocycles. The van der Waals surface area contributed by atoms with Crippen LogP contribution in [-0.4, -0.2) is 22.9 Å². The maximum Gasteiger partial charge on any atom is 0.219 e. The Morgan fingerprint density at radius 2 is 1.85 bits per heavy atom. The van der Waals surface area contributed by atoms with Crippen molar-refractivity contribution in [3.63, 3.8) is 0 Å². The molecule has 0 saturated carbocycles. The minimum absolute atomic E-state index is 0.294. The zero-order valence-corrected chi connectivity index (χ0v) is 8.62. The van der Waals surface area contributed by atoms with E-state index < -0.39 is 0 Å². The Morgan fingerprint density at radius 1 is 1.31 bits per heavy atom. The maximum absolute atomic E-state index is 11.4. The molecular weight excluding hydrogens is 162 g/mol. The fourth-order valence-corrected chi connectivity index (χ4v) is 3.14. The quantitative estimate of drug-likeness (QED) is 0.607. The highest BCUT2D eigenvalue weighted by Gasteiger charge is 2.41. The first-order chi connectivity index (χ1) is 6.22. The summed E-state index contributed by atoms with van der Waals surface area (Å²) >= 11 is 0. The van der Waals surface area contributed by atoms with Crippen molar-refractivity contribution in [1.82, 2.24) is 4.90 Å². The molecule has 0 spiro atoms. The number of rotatable bonds is 1. The Bertz CT molecular complexity index is 200. The molecule has 2 fully saturated rings. The Balaban J connectivity index is 2.08. The topological polar surface area (TPSA) is 20.3 Å². The van der Waals surface area contributed by atoms with Gasteiger partial charge in [-0.25, -0.2) is 0 Å². The first-order valence-corrected chi connectivity index (χ1v) is 5.51. The van der Waals surface area contributed by atoms with Gasteiger partial charge in [0.1, 0.15) is 0 Å². The smallest absolute Gasteiger partial charge is 0.219 e. The minimum atomic E-state index is 0.294. The molecule has 0 aromatic carbocycles. The van der Waals surface area contributed by atoms with E-state index in [1.807, 2.05) is 0 Å². The first kappa shape index (κ1) is 9.04. The van der Waals surface area contributed by atoms with Crippen LogP contribution in [0.5, 0.6) is 0 Å². The molecule has 0 aromatic rings. The highest BCUT2D eigenvalue weighted by atomic mass is 16.2. The number of carbonyl (C=O) groups is 1. The average Bonchev–Trinajstić information content (AvgIpc) is 2.37. The van der Waals surface area contributed by atoms with Crippen LogP contribution in [0.25, 0.3) is 0 Å². The lowest BCUT2D eigenvalue weighted by Gasteiger charge is -2.38. The number of hydrogen-bond donors (Lipinski definition) is 0. The van der Waals surface area contributed by atoms with Crippen LogP contribution < -0.4 is 0 Å². The van der Waals surface area contributed by atoms with Crippen molar-refractivity contribution >= 4 is 5.91 Å². The normalized spacial score (nSPS) is 38.0. The summed E-state index contributed by atoms with van der Waals surface area (Å²) < 4.78 is 0. The largest absolute Gasteiger partial charge is 0.337 e. The van der Waals surface area contributed by atoms with Crippen LogP contribution in [0.3, 0.4) is 0 Å². The molecule has 2 heteroatoms. The van der Waals surface area contributed by atoms with E-state index in [1.165, 1.54) is 32.1 Å². The molecule has 2 aliphatic rings. The van der Waals surface area contributed by atoms with Gasteiger partial charge >= 0.3 is 0 Å². The van der Waals surface area contributed by atoms with Gasteiger partial charge in [0.05, 0.1) is 0 Å². The zero-order chi connectivity index (χ0) is 9.42. The summed E-state index contributed by atoms with van der Waals surface area (Å²) in [5.74, 6) is 1.18. The highest BCUT2D eigenvalue weighted by Crippen LogP contribution is 2.39. The highest BCUT2D eigenvalue weighted by molar-refractivity contribution is 5.74. The summed E-state index contributed by atoms with van der Waals surface area (Å²) in [5, 5.41) is 0. The van der Waals surface area contributed by atoms with Gasteiger partial charge in [0.15, 0.2) is 0 Å². The third kappa shape index (κ3) is 1.47. The number of fused-ring (bicyclic) bond motifs is 2. The predicted octanol–water partition coefficient (Wildman–Crippen LogP) is 2.19. The average molecular weight is 181 g/mol. The summed E-state index contributed by atoms with van der Waals surface area (Å²) in [7, 11) is 0. The SMILES string of the molecule is CCC1CC2CCC(C1)N2C(C)=O. The monoisotopic (exact) mass is 181 g/mol. The van der Waals surface area contributed by atoms with Crippen LogP contribution in [0.2, 0.25) is 0 Å². The number of hydrogen-bond acceptors (Lipinski definition) is 1. The number of amides is 1. The van der Waals surface area contributed by atoms with Crippen LogP contribution in [0, 0.1) is 5.92 Å². The Labute approximate surface area is 80.3 Å². The zero-order valence-electron chi connectivity index (χ0n) is 8.62. The van der Waals surface area contributed by atoms with E-state index in [1.54, 1.807) is 6.92 Å². The van der Waals surface area contributed by atoms with Crippen LogP contribution in [0.1, 0.15) is 46.0 Å². The third-order valence-corrected chi connectivity index (χ3v) is 3.77. The van der Waals surface area contributed by atoms with Gasteiger partial charge in [-0.3, -0.25) is 4.79 Å². The van der Waals surface area contributed by atoms with E-state index in [9.17, 15) is 4.79 Å². The molecule has 0 aliphatic carbocycles. The lowest BCUT2D eigenvalue weighted by atomic mass is 9.89. The molecule has 13 heavy (non-hydrogen) atoms. The second kappa shape index (κ2) is 3.32. The number of piperidine rings is 1. The number of nitrogens with zero attached hydrogens (tertiary/aromatic N) is 1. The summed E-state index contributed by atoms with van der Waals surface area (Å²) in [6.45, 7) is 3.99. The Morgan fingerprint density at radius 3 is 2.23 bits per heavy atom. The lowest BCUT2D eigenvalue weighted by molar-refractivity contribution is -0.133. The van der Waals surface area contributed by atoms with Gasteiger partial charge in [-0.15, -0.1) is 0 Å². The summed E-state index contributed by atoms with van der Waals surface area (Å²) in [4.78, 5) is 13.5. The molecule has 2 unspecified atom stereocenters. The Kier molecular flexibility index (Phi) is 2.31. The fourth-order valence-electron chi connectivity index (χ4n) is 3.14. The van der Waals surface area contributed by atoms with Crippen molar-refractivity contribution in [3.05, 3.63) is 0 Å². The molecule has 2 nitrogen and oxygen atoms in total. The second-order valence-corrected chi connectivity index (χ2v) is 4.56. The van der Waals surface area contributed by atoms with Crippen molar-refractivity contribution in [1.29, 1.82) is 0 Å². The summed E-state index contributed by atoms with van der Waals surface area (Å²) in [5.41, 5.74) is 0. The van der Waals surface area contributed by atoms with E-state index in [0.717, 1.165) is 5.92 Å². The molecule has 2 saturated heterocycles. The molecular formula is C11H19NO. The van der Waals surface area contributed by atoms with Crippen LogP contribution in [0.15, 0.2) is 0 Å². The molecule has 0 radical (unpaired) electrons. The van der Waals surface area contributed by atoms with Gasteiger partial charge in [0.25, 0.3) is 0 Å². The molecule has 2 bridgehead atoms. The van der Waals surface area contributed by atoms with Crippen molar-refractivity contribution < 1.29 is 4.79 Å². The lowest BCUT2D eigenvalue weighted by Crippen LogP contribution is -2.45. The van der Waals surface area contributed by atoms with E-state index >= 15 is 0 Å². The molecule has 1 amide bonds. The second-order valence-electron chi connectivity index (χ2n) is 4.56. The van der Waals surface area contributed by atoms with Crippen LogP contribution in [0.4, 0.5) is 0 Å². The maximum atomic E-state index is 11.4. The van der Waals surface area contributed by atoms with E-state index in [4.69, 9.17) is 0 Å². The van der Waals surface area contributed by atoms with Crippen molar-refractivity contribution in [2.24, 2.45) is 5.92 Å². The van der Waals surface area contributed by atoms with E-state index in [0.29, 0.717) is 18.0 Å². The van der Waals surface area contributed by atoms with Crippen molar-refractivity contribution in [3.8, 4) is 0 Å². The minimum Gasteiger partial charge on any atom is -0.337 e. The molecule has 0 N–H and O–H groups in total. The van der Waals surface area contributed by atoms with Crippen LogP contribution >= 0.6 is 0 Å². The molecule has 2 atom stereocenters. The molecule has 2 rings (SSSR count). The Hall–Kier alpha value is -0.530. The van der Waals surface area contributed by atoms with Crippen molar-refractivity contribution in [2.45, 2.75) is 58.0 Å². The van der Waals surface area contributed by atoms with Gasteiger partial charge in [0, 0.05) is 19.0 Å². The van der Waals surface area contributed by atoms with Gasteiger partial charge in [-0.05, 0) is 31.6 Å². The van der Waals surface area contributed by atoms with Crippen LogP contribution in [-0.2, 0) is 4.79 Å². The van der Waals surface area contributed by atoms with Gasteiger partial charge in [-0.2, -0.15) is 0 Å². The fraction of sp³-hybridized carbons (Fsp3) is 0.909. The van der Waals surface area contributed by atoms with E-state index in [2.05, 4.69) is 11.8 Å². The third-order valence-electron chi connectivity index (χ3n) is 3.77. The van der Waals surface area contributed by atoms with Gasteiger partial charge in [-0.1, -0.05) is 13.3 Å². The molecule has 74 valence electrons. The summed E-state index contributed by atoms with van der Waals surface area (Å²) in [6.07, 6.45) is 6.30. The predicted molar refractivity (Wildman–Crippen MR) is 52.3 cm³/mol. The standard InChI is InChI=1S/C11H19NO/c1-3-9-6-10-4-5-11(7-9)12(10)8(2)13/h9-11H,3-7H2,1-2H3. The number of carbonyl (C=O) groups excluding carboxylic acids is 1. The van der Waals surface area contributed by atoms with Gasteiger partial charge < -0.3 is 4.90 Å². The van der Waals surface area contributed by atoms with Crippen molar-refractivity contribution in [2.75, 3.05) is 0 Å². The van der Waals surface area contributed by atoms with Gasteiger partial charge in [0.2, 0.25) is 5.91 Å². The molecule has 0 aromatic heterocycles. The van der Waals surface area contributed by atoms with E-state index in [-0.39, 0.29) is 0 Å². The summed E-state index contributed by atoms with van der Waals surface area (Å²) in [6, 6.07) is 1.17.